The number of rotatable bonds is 2. The molecule has 0 spiro atoms. The maximum atomic E-state index is 14.1. The number of anilines is 1. The molecule has 0 bridgehead atoms. The van der Waals surface area contributed by atoms with Crippen LogP contribution in [0.4, 0.5) is 10.1 Å². The van der Waals surface area contributed by atoms with Crippen LogP contribution in [0.1, 0.15) is 21.5 Å². The Morgan fingerprint density at radius 1 is 1.14 bits per heavy atom. The number of benzene rings is 2. The molecule has 1 aliphatic rings. The van der Waals surface area contributed by atoms with E-state index in [-0.39, 0.29) is 18.7 Å². The van der Waals surface area contributed by atoms with Gasteiger partial charge in [0, 0.05) is 12.1 Å². The minimum absolute atomic E-state index is 0.0308. The molecule has 2 aromatic carbocycles. The molecule has 1 aliphatic heterocycles. The van der Waals surface area contributed by atoms with Crippen LogP contribution >= 0.6 is 0 Å². The zero-order valence-corrected chi connectivity index (χ0v) is 11.2. The highest BCUT2D eigenvalue weighted by molar-refractivity contribution is 6.24. The Morgan fingerprint density at radius 3 is 2.62 bits per heavy atom. The number of halogens is 1. The highest BCUT2D eigenvalue weighted by Crippen LogP contribution is 2.28. The lowest BCUT2D eigenvalue weighted by atomic mass is 9.98. The fraction of sp³-hybridized carbons (Fsp3) is 0.125. The number of carbonyl (C=O) groups excluding carboxylic acids is 2. The van der Waals surface area contributed by atoms with Crippen LogP contribution in [-0.4, -0.2) is 11.8 Å². The second-order valence-electron chi connectivity index (χ2n) is 4.86. The zero-order valence-electron chi connectivity index (χ0n) is 11.2. The van der Waals surface area contributed by atoms with Crippen LogP contribution in [-0.2, 0) is 17.8 Å². The second kappa shape index (κ2) is 5.10. The smallest absolute Gasteiger partial charge is 0.265 e. The van der Waals surface area contributed by atoms with Gasteiger partial charge in [-0.1, -0.05) is 24.3 Å². The highest BCUT2D eigenvalue weighted by Gasteiger charge is 2.33. The molecule has 21 heavy (non-hydrogen) atoms. The van der Waals surface area contributed by atoms with Crippen LogP contribution in [0.5, 0.6) is 0 Å². The number of nitrogens with zero attached hydrogens (tertiary/aromatic N) is 1. The molecule has 2 aromatic rings. The van der Waals surface area contributed by atoms with Gasteiger partial charge in [0.25, 0.3) is 5.91 Å². The van der Waals surface area contributed by atoms with Gasteiger partial charge >= 0.3 is 0 Å². The topological polar surface area (TPSA) is 63.4 Å². The van der Waals surface area contributed by atoms with Crippen molar-refractivity contribution in [1.82, 2.24) is 0 Å². The SMILES string of the molecule is NCc1ccc(N2C(=O)Cc3ccccc3C2=O)c(F)c1. The molecule has 106 valence electrons. The summed E-state index contributed by atoms with van der Waals surface area (Å²) in [6.07, 6.45) is 0.0833. The van der Waals surface area contributed by atoms with E-state index in [1.54, 1.807) is 30.3 Å². The van der Waals surface area contributed by atoms with E-state index in [1.807, 2.05) is 0 Å². The van der Waals surface area contributed by atoms with Gasteiger partial charge in [0.1, 0.15) is 5.82 Å². The van der Waals surface area contributed by atoms with Crippen molar-refractivity contribution >= 4 is 17.5 Å². The number of amides is 2. The first-order valence-electron chi connectivity index (χ1n) is 6.55. The molecule has 1 heterocycles. The highest BCUT2D eigenvalue weighted by atomic mass is 19.1. The van der Waals surface area contributed by atoms with Crippen molar-refractivity contribution in [3.8, 4) is 0 Å². The molecule has 5 heteroatoms. The zero-order chi connectivity index (χ0) is 15.0. The minimum atomic E-state index is -0.626. The van der Waals surface area contributed by atoms with Crippen LogP contribution in [0, 0.1) is 5.82 Å². The van der Waals surface area contributed by atoms with E-state index in [4.69, 9.17) is 5.73 Å². The summed E-state index contributed by atoms with van der Waals surface area (Å²) in [6.45, 7) is 0.196. The number of hydrogen-bond acceptors (Lipinski definition) is 3. The molecule has 0 aromatic heterocycles. The molecule has 2 amide bonds. The average molecular weight is 284 g/mol. The lowest BCUT2D eigenvalue weighted by Gasteiger charge is -2.27. The molecule has 0 unspecified atom stereocenters. The predicted octanol–water partition coefficient (Wildman–Crippen LogP) is 2.01. The van der Waals surface area contributed by atoms with E-state index in [2.05, 4.69) is 0 Å². The number of imide groups is 1. The van der Waals surface area contributed by atoms with Gasteiger partial charge in [0.15, 0.2) is 0 Å². The van der Waals surface area contributed by atoms with Crippen LogP contribution in [0.25, 0.3) is 0 Å². The summed E-state index contributed by atoms with van der Waals surface area (Å²) in [5, 5.41) is 0. The van der Waals surface area contributed by atoms with Crippen molar-refractivity contribution in [2.24, 2.45) is 5.73 Å². The Hall–Kier alpha value is -2.53. The number of hydrogen-bond donors (Lipinski definition) is 1. The summed E-state index contributed by atoms with van der Waals surface area (Å²) in [7, 11) is 0. The fourth-order valence-corrected chi connectivity index (χ4v) is 2.46. The van der Waals surface area contributed by atoms with E-state index in [0.717, 1.165) is 4.90 Å². The Morgan fingerprint density at radius 2 is 1.90 bits per heavy atom. The van der Waals surface area contributed by atoms with Gasteiger partial charge < -0.3 is 5.73 Å². The molecule has 0 radical (unpaired) electrons. The van der Waals surface area contributed by atoms with Crippen molar-refractivity contribution in [1.29, 1.82) is 0 Å². The normalized spacial score (nSPS) is 14.3. The largest absolute Gasteiger partial charge is 0.326 e. The Kier molecular flexibility index (Phi) is 3.27. The van der Waals surface area contributed by atoms with Gasteiger partial charge in [0.2, 0.25) is 5.91 Å². The van der Waals surface area contributed by atoms with E-state index in [1.165, 1.54) is 12.1 Å². The minimum Gasteiger partial charge on any atom is -0.326 e. The van der Waals surface area contributed by atoms with Gasteiger partial charge in [-0.25, -0.2) is 9.29 Å². The Labute approximate surface area is 121 Å². The average Bonchev–Trinajstić information content (AvgIpc) is 2.48. The molecule has 0 fully saturated rings. The lowest BCUT2D eigenvalue weighted by molar-refractivity contribution is -0.117. The first-order chi connectivity index (χ1) is 10.1. The lowest BCUT2D eigenvalue weighted by Crippen LogP contribution is -2.43. The molecule has 0 aliphatic carbocycles. The molecule has 0 saturated heterocycles. The molecule has 0 atom stereocenters. The summed E-state index contributed by atoms with van der Waals surface area (Å²) >= 11 is 0. The third kappa shape index (κ3) is 2.21. The number of nitrogens with two attached hydrogens (primary N) is 1. The summed E-state index contributed by atoms with van der Waals surface area (Å²) in [5.74, 6) is -1.56. The molecule has 3 rings (SSSR count). The number of carbonyl (C=O) groups is 2. The van der Waals surface area contributed by atoms with Crippen molar-refractivity contribution in [2.45, 2.75) is 13.0 Å². The first-order valence-corrected chi connectivity index (χ1v) is 6.55. The van der Waals surface area contributed by atoms with Gasteiger partial charge in [0.05, 0.1) is 12.1 Å². The van der Waals surface area contributed by atoms with Crippen LogP contribution in [0.15, 0.2) is 42.5 Å². The summed E-state index contributed by atoms with van der Waals surface area (Å²) in [6, 6.07) is 11.1. The fourth-order valence-electron chi connectivity index (χ4n) is 2.46. The van der Waals surface area contributed by atoms with Crippen molar-refractivity contribution in [3.63, 3.8) is 0 Å². The van der Waals surface area contributed by atoms with Gasteiger partial charge in [-0.15, -0.1) is 0 Å². The molecule has 0 saturated carbocycles. The summed E-state index contributed by atoms with van der Waals surface area (Å²) in [5.41, 5.74) is 7.12. The van der Waals surface area contributed by atoms with E-state index in [0.29, 0.717) is 16.7 Å². The van der Waals surface area contributed by atoms with Crippen molar-refractivity contribution in [2.75, 3.05) is 4.90 Å². The van der Waals surface area contributed by atoms with Gasteiger partial charge in [-0.05, 0) is 29.3 Å². The summed E-state index contributed by atoms with van der Waals surface area (Å²) in [4.78, 5) is 25.5. The molecular formula is C16H13FN2O2. The van der Waals surface area contributed by atoms with Crippen LogP contribution < -0.4 is 10.6 Å². The summed E-state index contributed by atoms with van der Waals surface area (Å²) < 4.78 is 14.1. The van der Waals surface area contributed by atoms with Crippen LogP contribution in [0.3, 0.4) is 0 Å². The quantitative estimate of drug-likeness (QED) is 0.858. The Bertz CT molecular complexity index is 743. The molecule has 4 nitrogen and oxygen atoms in total. The van der Waals surface area contributed by atoms with E-state index < -0.39 is 17.6 Å². The standard InChI is InChI=1S/C16H13FN2O2/c17-13-7-10(9-18)5-6-14(13)19-15(20)8-11-3-1-2-4-12(11)16(19)21/h1-7H,8-9,18H2. The Balaban J connectivity index is 2.07. The van der Waals surface area contributed by atoms with Crippen LogP contribution in [0.2, 0.25) is 0 Å². The van der Waals surface area contributed by atoms with Gasteiger partial charge in [-0.2, -0.15) is 0 Å². The number of fused-ring (bicyclic) bond motifs is 1. The maximum Gasteiger partial charge on any atom is 0.265 e. The van der Waals surface area contributed by atoms with Gasteiger partial charge in [-0.3, -0.25) is 9.59 Å². The van der Waals surface area contributed by atoms with E-state index >= 15 is 0 Å². The van der Waals surface area contributed by atoms with E-state index in [9.17, 15) is 14.0 Å². The van der Waals surface area contributed by atoms with Crippen molar-refractivity contribution < 1.29 is 14.0 Å². The predicted molar refractivity (Wildman–Crippen MR) is 76.3 cm³/mol. The molecular weight excluding hydrogens is 271 g/mol. The molecule has 2 N–H and O–H groups in total. The third-order valence-electron chi connectivity index (χ3n) is 3.53. The third-order valence-corrected chi connectivity index (χ3v) is 3.53. The second-order valence-corrected chi connectivity index (χ2v) is 4.86. The first kappa shape index (κ1) is 13.5. The van der Waals surface area contributed by atoms with Crippen molar-refractivity contribution in [3.05, 3.63) is 65.0 Å². The maximum absolute atomic E-state index is 14.1. The monoisotopic (exact) mass is 284 g/mol.